The van der Waals surface area contributed by atoms with E-state index in [0.29, 0.717) is 18.2 Å². The van der Waals surface area contributed by atoms with Gasteiger partial charge in [-0.05, 0) is 38.7 Å². The number of rotatable bonds is 4. The average molecular weight is 345 g/mol. The Bertz CT molecular complexity index is 455. The van der Waals surface area contributed by atoms with E-state index >= 15 is 0 Å². The van der Waals surface area contributed by atoms with Crippen molar-refractivity contribution in [3.63, 3.8) is 0 Å². The van der Waals surface area contributed by atoms with Crippen LogP contribution in [0.5, 0.6) is 0 Å². The van der Waals surface area contributed by atoms with E-state index in [2.05, 4.69) is 39.8 Å². The fourth-order valence-electron chi connectivity index (χ4n) is 3.00. The van der Waals surface area contributed by atoms with E-state index < -0.39 is 0 Å². The molecule has 2 atom stereocenters. The number of aliphatic hydroxyl groups is 1. The minimum Gasteiger partial charge on any atom is -0.396 e. The van der Waals surface area contributed by atoms with Crippen LogP contribution in [0.4, 0.5) is 4.39 Å². The van der Waals surface area contributed by atoms with E-state index in [1.807, 2.05) is 6.07 Å². The third-order valence-corrected chi connectivity index (χ3v) is 4.57. The number of benzene rings is 1. The molecular weight excluding hydrogens is 323 g/mol. The van der Waals surface area contributed by atoms with Crippen LogP contribution in [0.15, 0.2) is 22.7 Å². The number of hydrogen-bond acceptors (Lipinski definition) is 3. The second kappa shape index (κ2) is 6.98. The summed E-state index contributed by atoms with van der Waals surface area (Å²) in [5.41, 5.74) is 0.708. The quantitative estimate of drug-likeness (QED) is 0.908. The molecule has 20 heavy (non-hydrogen) atoms. The molecule has 0 aliphatic carbocycles. The minimum atomic E-state index is -0.163. The number of hydrogen-bond donors (Lipinski definition) is 1. The van der Waals surface area contributed by atoms with E-state index in [-0.39, 0.29) is 18.3 Å². The van der Waals surface area contributed by atoms with Crippen LogP contribution in [0, 0.1) is 11.7 Å². The van der Waals surface area contributed by atoms with E-state index in [9.17, 15) is 9.50 Å². The molecule has 0 saturated carbocycles. The summed E-state index contributed by atoms with van der Waals surface area (Å²) in [6.45, 7) is 2.53. The van der Waals surface area contributed by atoms with Gasteiger partial charge in [0.2, 0.25) is 0 Å². The highest BCUT2D eigenvalue weighted by atomic mass is 79.9. The maximum Gasteiger partial charge on any atom is 0.127 e. The number of likely N-dealkylation sites (tertiary alicyclic amines) is 1. The lowest BCUT2D eigenvalue weighted by Gasteiger charge is -2.40. The van der Waals surface area contributed by atoms with Gasteiger partial charge in [0.05, 0.1) is 0 Å². The van der Waals surface area contributed by atoms with Crippen molar-refractivity contribution in [1.29, 1.82) is 0 Å². The molecular formula is C15H22BrFN2O. The summed E-state index contributed by atoms with van der Waals surface area (Å²) in [4.78, 5) is 4.41. The van der Waals surface area contributed by atoms with Crippen molar-refractivity contribution in [3.05, 3.63) is 34.1 Å². The molecule has 0 aromatic heterocycles. The zero-order valence-electron chi connectivity index (χ0n) is 12.0. The molecule has 0 amide bonds. The van der Waals surface area contributed by atoms with Gasteiger partial charge in [-0.25, -0.2) is 4.39 Å². The lowest BCUT2D eigenvalue weighted by atomic mass is 9.91. The zero-order valence-corrected chi connectivity index (χ0v) is 13.6. The molecule has 1 fully saturated rings. The minimum absolute atomic E-state index is 0.163. The van der Waals surface area contributed by atoms with Crippen LogP contribution in [-0.4, -0.2) is 54.7 Å². The molecule has 1 aromatic carbocycles. The molecule has 1 N–H and O–H groups in total. The molecule has 0 unspecified atom stereocenters. The third-order valence-electron chi connectivity index (χ3n) is 4.08. The van der Waals surface area contributed by atoms with Gasteiger partial charge in [0.1, 0.15) is 5.82 Å². The molecule has 1 saturated heterocycles. The molecule has 1 aliphatic heterocycles. The van der Waals surface area contributed by atoms with Gasteiger partial charge in [-0.2, -0.15) is 0 Å². The van der Waals surface area contributed by atoms with Crippen LogP contribution in [0.25, 0.3) is 0 Å². The van der Waals surface area contributed by atoms with Gasteiger partial charge in [0.15, 0.2) is 0 Å². The van der Waals surface area contributed by atoms with Crippen molar-refractivity contribution in [2.24, 2.45) is 5.92 Å². The number of piperidine rings is 1. The highest BCUT2D eigenvalue weighted by Gasteiger charge is 2.30. The Morgan fingerprint density at radius 1 is 1.45 bits per heavy atom. The second-order valence-electron chi connectivity index (χ2n) is 5.73. The van der Waals surface area contributed by atoms with Crippen molar-refractivity contribution >= 4 is 15.9 Å². The fourth-order valence-corrected chi connectivity index (χ4v) is 3.41. The molecule has 112 valence electrons. The Morgan fingerprint density at radius 3 is 2.85 bits per heavy atom. The van der Waals surface area contributed by atoms with E-state index in [0.717, 1.165) is 24.0 Å². The van der Waals surface area contributed by atoms with Crippen LogP contribution in [0.1, 0.15) is 12.0 Å². The molecule has 2 rings (SSSR count). The van der Waals surface area contributed by atoms with Crippen molar-refractivity contribution in [2.75, 3.05) is 33.8 Å². The smallest absolute Gasteiger partial charge is 0.127 e. The normalized spacial score (nSPS) is 24.3. The Morgan fingerprint density at radius 2 is 2.20 bits per heavy atom. The second-order valence-corrected chi connectivity index (χ2v) is 6.65. The van der Waals surface area contributed by atoms with Crippen LogP contribution >= 0.6 is 15.9 Å². The molecule has 0 spiro atoms. The highest BCUT2D eigenvalue weighted by Crippen LogP contribution is 2.24. The summed E-state index contributed by atoms with van der Waals surface area (Å²) in [5, 5.41) is 9.56. The van der Waals surface area contributed by atoms with Crippen molar-refractivity contribution in [2.45, 2.75) is 19.0 Å². The summed E-state index contributed by atoms with van der Waals surface area (Å²) in [5.74, 6) is 0.0671. The SMILES string of the molecule is CN(C)[C@@H]1CCN(Cc2cc(Br)ccc2F)C[C@@H]1CO. The van der Waals surface area contributed by atoms with Gasteiger partial charge in [-0.1, -0.05) is 15.9 Å². The summed E-state index contributed by atoms with van der Waals surface area (Å²) >= 11 is 3.38. The molecule has 5 heteroatoms. The first-order valence-corrected chi connectivity index (χ1v) is 7.74. The summed E-state index contributed by atoms with van der Waals surface area (Å²) in [6.07, 6.45) is 1.01. The molecule has 1 heterocycles. The summed E-state index contributed by atoms with van der Waals surface area (Å²) < 4.78 is 14.7. The zero-order chi connectivity index (χ0) is 14.7. The molecule has 0 radical (unpaired) electrons. The first-order valence-electron chi connectivity index (χ1n) is 6.95. The Labute approximate surface area is 128 Å². The van der Waals surface area contributed by atoms with Gasteiger partial charge in [-0.3, -0.25) is 4.90 Å². The van der Waals surface area contributed by atoms with Crippen molar-refractivity contribution < 1.29 is 9.50 Å². The highest BCUT2D eigenvalue weighted by molar-refractivity contribution is 9.10. The Hall–Kier alpha value is -0.490. The van der Waals surface area contributed by atoms with Gasteiger partial charge >= 0.3 is 0 Å². The van der Waals surface area contributed by atoms with Crippen LogP contribution in [-0.2, 0) is 6.54 Å². The number of halogens is 2. The molecule has 1 aliphatic rings. The first kappa shape index (κ1) is 15.9. The summed E-state index contributed by atoms with van der Waals surface area (Å²) in [7, 11) is 4.11. The lowest BCUT2D eigenvalue weighted by molar-refractivity contribution is 0.0450. The van der Waals surface area contributed by atoms with E-state index in [1.165, 1.54) is 6.07 Å². The number of aliphatic hydroxyl groups excluding tert-OH is 1. The Balaban J connectivity index is 2.03. The predicted octanol–water partition coefficient (Wildman–Crippen LogP) is 2.33. The predicted molar refractivity (Wildman–Crippen MR) is 82.0 cm³/mol. The van der Waals surface area contributed by atoms with Crippen molar-refractivity contribution in [1.82, 2.24) is 9.80 Å². The first-order chi connectivity index (χ1) is 9.51. The van der Waals surface area contributed by atoms with Crippen molar-refractivity contribution in [3.8, 4) is 0 Å². The van der Waals surface area contributed by atoms with Gasteiger partial charge in [0, 0.05) is 48.2 Å². The van der Waals surface area contributed by atoms with E-state index in [4.69, 9.17) is 0 Å². The summed E-state index contributed by atoms with van der Waals surface area (Å²) in [6, 6.07) is 5.45. The topological polar surface area (TPSA) is 26.7 Å². The maximum absolute atomic E-state index is 13.8. The monoisotopic (exact) mass is 344 g/mol. The van der Waals surface area contributed by atoms with Crippen LogP contribution in [0.3, 0.4) is 0 Å². The maximum atomic E-state index is 13.8. The molecule has 1 aromatic rings. The fraction of sp³-hybridized carbons (Fsp3) is 0.600. The average Bonchev–Trinajstić information content (AvgIpc) is 2.42. The largest absolute Gasteiger partial charge is 0.396 e. The standard InChI is InChI=1S/C15H22BrFN2O/c1-18(2)15-5-6-19(9-12(15)10-20)8-11-7-13(16)3-4-14(11)17/h3-4,7,12,15,20H,5-6,8-10H2,1-2H3/t12-,15-/m1/s1. The van der Waals surface area contributed by atoms with Gasteiger partial charge in [-0.15, -0.1) is 0 Å². The van der Waals surface area contributed by atoms with Gasteiger partial charge in [0.25, 0.3) is 0 Å². The molecule has 3 nitrogen and oxygen atoms in total. The van der Waals surface area contributed by atoms with Gasteiger partial charge < -0.3 is 10.0 Å². The Kier molecular flexibility index (Phi) is 5.55. The third kappa shape index (κ3) is 3.79. The number of nitrogens with zero attached hydrogens (tertiary/aromatic N) is 2. The van der Waals surface area contributed by atoms with Crippen LogP contribution in [0.2, 0.25) is 0 Å². The van der Waals surface area contributed by atoms with Crippen LogP contribution < -0.4 is 0 Å². The lowest BCUT2D eigenvalue weighted by Crippen LogP contribution is -2.49. The van der Waals surface area contributed by atoms with E-state index in [1.54, 1.807) is 6.07 Å². The molecule has 0 bridgehead atoms.